The summed E-state index contributed by atoms with van der Waals surface area (Å²) in [7, 11) is 0. The molecule has 0 radical (unpaired) electrons. The van der Waals surface area contributed by atoms with Crippen LogP contribution in [0, 0.1) is 0 Å². The molecule has 0 amide bonds. The third kappa shape index (κ3) is 2.29. The average Bonchev–Trinajstić information content (AvgIpc) is 2.03. The predicted molar refractivity (Wildman–Crippen MR) is 46.4 cm³/mol. The first kappa shape index (κ1) is 9.68. The quantitative estimate of drug-likeness (QED) is 0.677. The van der Waals surface area contributed by atoms with Gasteiger partial charge in [0.25, 0.3) is 0 Å². The Morgan fingerprint density at radius 3 is 1.92 bits per heavy atom. The van der Waals surface area contributed by atoms with Crippen LogP contribution in [0.5, 0.6) is 0 Å². The van der Waals surface area contributed by atoms with Crippen LogP contribution in [0.15, 0.2) is 24.3 Å². The van der Waals surface area contributed by atoms with E-state index in [1.807, 2.05) is 5.82 Å². The molecule has 0 aliphatic heterocycles. The zero-order chi connectivity index (χ0) is 9.19. The summed E-state index contributed by atoms with van der Waals surface area (Å²) in [6.45, 7) is -4.82. The molecule has 0 saturated carbocycles. The molecule has 0 aromatic heterocycles. The molecular formula is C7H7BF3Se-. The molecule has 1 aromatic rings. The van der Waals surface area contributed by atoms with Crippen LogP contribution in [0.3, 0.4) is 0 Å². The van der Waals surface area contributed by atoms with E-state index in [-0.39, 0.29) is 15.0 Å². The zero-order valence-electron chi connectivity index (χ0n) is 6.43. The molecule has 66 valence electrons. The minimum atomic E-state index is -4.82. The van der Waals surface area contributed by atoms with Crippen LogP contribution in [0.1, 0.15) is 0 Å². The van der Waals surface area contributed by atoms with Crippen molar-refractivity contribution in [3.63, 3.8) is 0 Å². The Morgan fingerprint density at radius 2 is 1.58 bits per heavy atom. The number of benzene rings is 1. The molecule has 0 nitrogen and oxygen atoms in total. The zero-order valence-corrected chi connectivity index (χ0v) is 8.14. The van der Waals surface area contributed by atoms with Gasteiger partial charge in [0, 0.05) is 0 Å². The Bertz CT molecular complexity index is 254. The van der Waals surface area contributed by atoms with Gasteiger partial charge in [0.05, 0.1) is 0 Å². The Kier molecular flexibility index (Phi) is 2.86. The molecule has 0 fully saturated rings. The Morgan fingerprint density at radius 1 is 1.08 bits per heavy atom. The second-order valence-electron chi connectivity index (χ2n) is 2.35. The van der Waals surface area contributed by atoms with Gasteiger partial charge in [-0.15, -0.1) is 0 Å². The summed E-state index contributed by atoms with van der Waals surface area (Å²) in [5, 5.41) is 0. The Balaban J connectivity index is 2.93. The molecule has 12 heavy (non-hydrogen) atoms. The van der Waals surface area contributed by atoms with Crippen LogP contribution in [0.2, 0.25) is 5.82 Å². The number of halogens is 3. The average molecular weight is 238 g/mol. The molecule has 0 aliphatic rings. The number of hydrogen-bond acceptors (Lipinski definition) is 0. The molecule has 1 rings (SSSR count). The van der Waals surface area contributed by atoms with Crippen molar-refractivity contribution in [3.8, 4) is 0 Å². The summed E-state index contributed by atoms with van der Waals surface area (Å²) in [4.78, 5) is 0. The van der Waals surface area contributed by atoms with E-state index in [4.69, 9.17) is 0 Å². The molecule has 0 unspecified atom stereocenters. The fourth-order valence-electron chi connectivity index (χ4n) is 0.822. The van der Waals surface area contributed by atoms with Crippen molar-refractivity contribution in [1.29, 1.82) is 0 Å². The monoisotopic (exact) mass is 239 g/mol. The van der Waals surface area contributed by atoms with Gasteiger partial charge in [-0.25, -0.2) is 0 Å². The van der Waals surface area contributed by atoms with Gasteiger partial charge in [0.1, 0.15) is 0 Å². The van der Waals surface area contributed by atoms with Gasteiger partial charge in [-0.1, -0.05) is 0 Å². The first-order chi connectivity index (χ1) is 5.54. The van der Waals surface area contributed by atoms with E-state index >= 15 is 0 Å². The molecule has 0 saturated heterocycles. The first-order valence-electron chi connectivity index (χ1n) is 3.38. The van der Waals surface area contributed by atoms with Crippen molar-refractivity contribution in [2.45, 2.75) is 5.82 Å². The van der Waals surface area contributed by atoms with Crippen LogP contribution >= 0.6 is 0 Å². The third-order valence-electron chi connectivity index (χ3n) is 1.49. The standard InChI is InChI=1S/C7H7BF3Se/c1-12-7-4-2-6(3-5-7)8(9,10)11/h2-5H,1H3/q-1. The fourth-order valence-corrected chi connectivity index (χ4v) is 1.68. The van der Waals surface area contributed by atoms with Crippen LogP contribution in [0.25, 0.3) is 0 Å². The topological polar surface area (TPSA) is 0 Å². The van der Waals surface area contributed by atoms with Gasteiger partial charge in [-0.05, 0) is 0 Å². The van der Waals surface area contributed by atoms with Gasteiger partial charge in [-0.2, -0.15) is 0 Å². The molecule has 0 atom stereocenters. The molecule has 0 spiro atoms. The van der Waals surface area contributed by atoms with Crippen molar-refractivity contribution in [1.82, 2.24) is 0 Å². The van der Waals surface area contributed by atoms with E-state index in [1.54, 1.807) is 12.1 Å². The fraction of sp³-hybridized carbons (Fsp3) is 0.143. The van der Waals surface area contributed by atoms with E-state index in [1.165, 1.54) is 0 Å². The van der Waals surface area contributed by atoms with Gasteiger partial charge in [0.15, 0.2) is 0 Å². The van der Waals surface area contributed by atoms with Gasteiger partial charge in [0.2, 0.25) is 0 Å². The van der Waals surface area contributed by atoms with Crippen LogP contribution < -0.4 is 9.92 Å². The molecule has 0 aliphatic carbocycles. The first-order valence-corrected chi connectivity index (χ1v) is 5.95. The summed E-state index contributed by atoms with van der Waals surface area (Å²) in [6.07, 6.45) is 0. The molecule has 1 aromatic carbocycles. The molecule has 0 bridgehead atoms. The third-order valence-corrected chi connectivity index (χ3v) is 3.05. The van der Waals surface area contributed by atoms with E-state index in [2.05, 4.69) is 0 Å². The van der Waals surface area contributed by atoms with Crippen LogP contribution in [-0.2, 0) is 0 Å². The number of hydrogen-bond donors (Lipinski definition) is 0. The summed E-state index contributed by atoms with van der Waals surface area (Å²) in [6, 6.07) is 5.40. The maximum atomic E-state index is 12.1. The van der Waals surface area contributed by atoms with E-state index < -0.39 is 12.4 Å². The van der Waals surface area contributed by atoms with E-state index in [9.17, 15) is 12.9 Å². The summed E-state index contributed by atoms with van der Waals surface area (Å²) < 4.78 is 37.3. The van der Waals surface area contributed by atoms with Crippen molar-refractivity contribution < 1.29 is 12.9 Å². The van der Waals surface area contributed by atoms with Crippen molar-refractivity contribution in [2.75, 3.05) is 0 Å². The summed E-state index contributed by atoms with van der Waals surface area (Å²) in [5.41, 5.74) is -0.511. The summed E-state index contributed by atoms with van der Waals surface area (Å²) >= 11 is 0.275. The van der Waals surface area contributed by atoms with Crippen molar-refractivity contribution in [3.05, 3.63) is 24.3 Å². The van der Waals surface area contributed by atoms with Crippen LogP contribution in [0.4, 0.5) is 12.9 Å². The Hall–Kier alpha value is -0.406. The molecule has 0 heterocycles. The van der Waals surface area contributed by atoms with Gasteiger partial charge < -0.3 is 0 Å². The predicted octanol–water partition coefficient (Wildman–Crippen LogP) is 1.12. The maximum absolute atomic E-state index is 12.1. The van der Waals surface area contributed by atoms with E-state index in [0.29, 0.717) is 0 Å². The molecular weight excluding hydrogens is 231 g/mol. The normalized spacial score (nSPS) is 11.7. The summed E-state index contributed by atoms with van der Waals surface area (Å²) in [5.74, 6) is 1.97. The Labute approximate surface area is 75.4 Å². The molecule has 5 heteroatoms. The second-order valence-corrected chi connectivity index (χ2v) is 4.19. The van der Waals surface area contributed by atoms with Crippen molar-refractivity contribution >= 4 is 31.9 Å². The van der Waals surface area contributed by atoms with Crippen molar-refractivity contribution in [2.24, 2.45) is 0 Å². The van der Waals surface area contributed by atoms with Gasteiger partial charge >= 0.3 is 74.9 Å². The second kappa shape index (κ2) is 3.54. The van der Waals surface area contributed by atoms with Crippen LogP contribution in [-0.4, -0.2) is 21.9 Å². The molecule has 0 N–H and O–H groups in total. The number of rotatable bonds is 2. The van der Waals surface area contributed by atoms with E-state index in [0.717, 1.165) is 16.6 Å². The SMILES string of the molecule is C[Se]c1ccc([B-](F)(F)F)cc1. The minimum absolute atomic E-state index is 0.275. The van der Waals surface area contributed by atoms with Gasteiger partial charge in [-0.3, -0.25) is 0 Å².